The summed E-state index contributed by atoms with van der Waals surface area (Å²) < 4.78 is 0. The maximum Gasteiger partial charge on any atom is 0.0864 e. The smallest absolute Gasteiger partial charge is 0.0864 e. The summed E-state index contributed by atoms with van der Waals surface area (Å²) in [5, 5.41) is 30.7. The van der Waals surface area contributed by atoms with Crippen LogP contribution in [0.1, 0.15) is 36.2 Å². The fourth-order valence-corrected chi connectivity index (χ4v) is 7.57. The molecule has 4 nitrogen and oxygen atoms in total. The Labute approximate surface area is 166 Å². The van der Waals surface area contributed by atoms with Gasteiger partial charge in [-0.2, -0.15) is 0 Å². The zero-order chi connectivity index (χ0) is 18.9. The Balaban J connectivity index is 1.44. The second kappa shape index (κ2) is 5.90. The van der Waals surface area contributed by atoms with E-state index in [1.54, 1.807) is 0 Å². The van der Waals surface area contributed by atoms with Crippen molar-refractivity contribution in [2.24, 2.45) is 22.7 Å². The number of aliphatic hydroxyl groups excluding tert-OH is 2. The van der Waals surface area contributed by atoms with Crippen molar-refractivity contribution in [3.05, 3.63) is 71.8 Å². The zero-order valence-electron chi connectivity index (χ0n) is 16.0. The van der Waals surface area contributed by atoms with E-state index in [-0.39, 0.29) is 22.9 Å². The van der Waals surface area contributed by atoms with E-state index >= 15 is 0 Å². The SMILES string of the molecule is O[C@@H](c1ccccc1)[C@@]12C[C@H]3NC[C@H]1[C@H]1CN[C@H]2C[C@@]13[C@@H](O)c1ccccc1. The Morgan fingerprint density at radius 1 is 0.679 bits per heavy atom. The minimum Gasteiger partial charge on any atom is -0.388 e. The van der Waals surface area contributed by atoms with Crippen LogP contribution in [0.2, 0.25) is 0 Å². The Bertz CT molecular complexity index is 801. The van der Waals surface area contributed by atoms with Gasteiger partial charge in [0.2, 0.25) is 0 Å². The van der Waals surface area contributed by atoms with Gasteiger partial charge in [-0.1, -0.05) is 60.7 Å². The lowest BCUT2D eigenvalue weighted by Gasteiger charge is -2.77. The first-order valence-corrected chi connectivity index (χ1v) is 10.6. The molecule has 3 saturated carbocycles. The van der Waals surface area contributed by atoms with E-state index in [4.69, 9.17) is 0 Å². The number of rotatable bonds is 4. The molecule has 2 aromatic rings. The van der Waals surface area contributed by atoms with Crippen molar-refractivity contribution in [1.82, 2.24) is 10.6 Å². The minimum absolute atomic E-state index is 0.141. The van der Waals surface area contributed by atoms with E-state index in [1.165, 1.54) is 0 Å². The van der Waals surface area contributed by atoms with Crippen LogP contribution in [-0.2, 0) is 0 Å². The molecular formula is C24H28N2O2. The fourth-order valence-electron chi connectivity index (χ4n) is 7.57. The molecule has 4 saturated heterocycles. The van der Waals surface area contributed by atoms with Gasteiger partial charge < -0.3 is 20.8 Å². The number of hydrogen-bond donors (Lipinski definition) is 4. The molecule has 8 atom stereocenters. The van der Waals surface area contributed by atoms with E-state index in [0.29, 0.717) is 11.8 Å². The van der Waals surface area contributed by atoms with Crippen molar-refractivity contribution in [2.45, 2.75) is 37.1 Å². The van der Waals surface area contributed by atoms with Gasteiger partial charge in [0, 0.05) is 22.9 Å². The topological polar surface area (TPSA) is 64.5 Å². The summed E-state index contributed by atoms with van der Waals surface area (Å²) >= 11 is 0. The molecule has 4 heteroatoms. The average Bonchev–Trinajstić information content (AvgIpc) is 2.79. The van der Waals surface area contributed by atoms with Gasteiger partial charge in [0.1, 0.15) is 0 Å². The van der Waals surface area contributed by atoms with Gasteiger partial charge in [0.05, 0.1) is 12.2 Å². The maximum absolute atomic E-state index is 11.6. The average molecular weight is 377 g/mol. The van der Waals surface area contributed by atoms with Crippen molar-refractivity contribution >= 4 is 0 Å². The molecule has 7 fully saturated rings. The molecule has 0 aromatic heterocycles. The first-order valence-electron chi connectivity index (χ1n) is 10.6. The van der Waals surface area contributed by atoms with Gasteiger partial charge in [-0.3, -0.25) is 0 Å². The molecule has 4 heterocycles. The summed E-state index contributed by atoms with van der Waals surface area (Å²) in [6.07, 6.45) is 0.920. The van der Waals surface area contributed by atoms with Crippen LogP contribution in [-0.4, -0.2) is 35.4 Å². The molecule has 0 radical (unpaired) electrons. The molecule has 7 aliphatic rings. The van der Waals surface area contributed by atoms with E-state index in [2.05, 4.69) is 34.9 Å². The highest BCUT2D eigenvalue weighted by molar-refractivity contribution is 5.34. The summed E-state index contributed by atoms with van der Waals surface area (Å²) in [7, 11) is 0. The Kier molecular flexibility index (Phi) is 3.61. The number of hydrogen-bond acceptors (Lipinski definition) is 4. The monoisotopic (exact) mass is 376 g/mol. The molecule has 2 aromatic carbocycles. The lowest BCUT2D eigenvalue weighted by molar-refractivity contribution is -0.280. The highest BCUT2D eigenvalue weighted by Crippen LogP contribution is 2.72. The van der Waals surface area contributed by atoms with Crippen LogP contribution < -0.4 is 10.6 Å². The quantitative estimate of drug-likeness (QED) is 0.662. The highest BCUT2D eigenvalue weighted by Gasteiger charge is 2.75. The summed E-state index contributed by atoms with van der Waals surface area (Å²) in [6, 6.07) is 20.8. The largest absolute Gasteiger partial charge is 0.388 e. The normalized spacial score (nSPS) is 42.5. The van der Waals surface area contributed by atoms with E-state index in [0.717, 1.165) is 37.1 Å². The van der Waals surface area contributed by atoms with Crippen LogP contribution in [0.25, 0.3) is 0 Å². The highest BCUT2D eigenvalue weighted by atomic mass is 16.3. The van der Waals surface area contributed by atoms with Crippen molar-refractivity contribution in [3.63, 3.8) is 0 Å². The van der Waals surface area contributed by atoms with Crippen LogP contribution in [0.4, 0.5) is 0 Å². The molecular weight excluding hydrogens is 348 g/mol. The molecule has 0 unspecified atom stereocenters. The van der Waals surface area contributed by atoms with Crippen molar-refractivity contribution < 1.29 is 10.2 Å². The number of nitrogens with one attached hydrogen (secondary N) is 2. The molecule has 6 bridgehead atoms. The first kappa shape index (κ1) is 17.2. The predicted molar refractivity (Wildman–Crippen MR) is 107 cm³/mol. The third kappa shape index (κ3) is 1.94. The van der Waals surface area contributed by atoms with Crippen LogP contribution in [0, 0.1) is 22.7 Å². The third-order valence-electron chi connectivity index (χ3n) is 8.70. The van der Waals surface area contributed by atoms with Gasteiger partial charge in [-0.15, -0.1) is 0 Å². The summed E-state index contributed by atoms with van der Waals surface area (Å²) in [6.45, 7) is 1.89. The molecule has 28 heavy (non-hydrogen) atoms. The molecule has 3 aliphatic carbocycles. The Morgan fingerprint density at radius 2 is 1.07 bits per heavy atom. The summed E-state index contributed by atoms with van der Waals surface area (Å²) in [4.78, 5) is 0. The van der Waals surface area contributed by atoms with Crippen LogP contribution in [0.15, 0.2) is 60.7 Å². The number of aliphatic hydroxyl groups is 2. The number of benzene rings is 2. The van der Waals surface area contributed by atoms with E-state index in [9.17, 15) is 10.2 Å². The van der Waals surface area contributed by atoms with Gasteiger partial charge in [-0.25, -0.2) is 0 Å². The number of piperidine rings is 4. The standard InChI is InChI=1S/C24H28N2O2/c27-21(15-7-3-1-4-8-15)23-11-20-24(22(28)16-9-5-2-6-10-16)12-19(23)25-14-18(24)17(23)13-26-20/h1-10,17-22,25-28H,11-14H2/t17-,18+,19-,20+,21-,22-,23-,24+/m0/s1. The Hall–Kier alpha value is -1.72. The maximum atomic E-state index is 11.6. The molecule has 9 rings (SSSR count). The van der Waals surface area contributed by atoms with Crippen molar-refractivity contribution in [3.8, 4) is 0 Å². The first-order chi connectivity index (χ1) is 13.7. The van der Waals surface area contributed by atoms with Gasteiger partial charge >= 0.3 is 0 Å². The fraction of sp³-hybridized carbons (Fsp3) is 0.500. The molecule has 4 N–H and O–H groups in total. The van der Waals surface area contributed by atoms with Gasteiger partial charge in [-0.05, 0) is 48.9 Å². The molecule has 4 aliphatic heterocycles. The summed E-state index contributed by atoms with van der Waals surface area (Å²) in [5.74, 6) is 0.761. The lowest BCUT2D eigenvalue weighted by atomic mass is 9.34. The van der Waals surface area contributed by atoms with Crippen molar-refractivity contribution in [2.75, 3.05) is 13.1 Å². The minimum atomic E-state index is -0.462. The predicted octanol–water partition coefficient (Wildman–Crippen LogP) is 2.41. The second-order valence-electron chi connectivity index (χ2n) is 9.39. The van der Waals surface area contributed by atoms with Gasteiger partial charge in [0.15, 0.2) is 0 Å². The molecule has 0 amide bonds. The Morgan fingerprint density at radius 3 is 1.46 bits per heavy atom. The van der Waals surface area contributed by atoms with Crippen molar-refractivity contribution in [1.29, 1.82) is 0 Å². The lowest BCUT2D eigenvalue weighted by Crippen LogP contribution is -2.84. The van der Waals surface area contributed by atoms with Crippen LogP contribution in [0.3, 0.4) is 0 Å². The van der Waals surface area contributed by atoms with E-state index in [1.807, 2.05) is 36.4 Å². The van der Waals surface area contributed by atoms with Crippen LogP contribution >= 0.6 is 0 Å². The third-order valence-corrected chi connectivity index (χ3v) is 8.70. The second-order valence-corrected chi connectivity index (χ2v) is 9.39. The molecule has 0 spiro atoms. The van der Waals surface area contributed by atoms with Gasteiger partial charge in [0.25, 0.3) is 0 Å². The molecule has 146 valence electrons. The summed E-state index contributed by atoms with van der Waals surface area (Å²) in [5.41, 5.74) is 1.77. The zero-order valence-corrected chi connectivity index (χ0v) is 16.0. The van der Waals surface area contributed by atoms with Crippen LogP contribution in [0.5, 0.6) is 0 Å². The number of fused-ring (bicyclic) bond motifs is 2. The van der Waals surface area contributed by atoms with E-state index < -0.39 is 12.2 Å².